The van der Waals surface area contributed by atoms with Crippen molar-refractivity contribution in [2.45, 2.75) is 104 Å². The molecule has 0 aliphatic heterocycles. The fourth-order valence-corrected chi connectivity index (χ4v) is 1.82. The molecule has 0 bridgehead atoms. The normalized spacial score (nSPS) is 14.6. The maximum absolute atomic E-state index is 10.4. The molecule has 0 aromatic heterocycles. The van der Waals surface area contributed by atoms with E-state index in [4.69, 9.17) is 9.31 Å². The number of hydrogen-bond acceptors (Lipinski definition) is 6. The van der Waals surface area contributed by atoms with Gasteiger partial charge in [0.05, 0.1) is 22.4 Å². The van der Waals surface area contributed by atoms with Gasteiger partial charge in [0.15, 0.2) is 0 Å². The summed E-state index contributed by atoms with van der Waals surface area (Å²) < 4.78 is 12.0. The molecule has 4 N–H and O–H groups in total. The molecule has 0 saturated heterocycles. The predicted molar refractivity (Wildman–Crippen MR) is 106 cm³/mol. The van der Waals surface area contributed by atoms with Gasteiger partial charge >= 0.3 is 14.2 Å². The van der Waals surface area contributed by atoms with Gasteiger partial charge in [-0.15, -0.1) is 0 Å². The zero-order valence-electron chi connectivity index (χ0n) is 18.0. The van der Waals surface area contributed by atoms with Crippen LogP contribution in [-0.2, 0) is 9.31 Å². The maximum Gasteiger partial charge on any atom is 0.486 e. The van der Waals surface area contributed by atoms with Gasteiger partial charge in [0.1, 0.15) is 0 Å². The zero-order chi connectivity index (χ0) is 21.0. The highest BCUT2D eigenvalue weighted by molar-refractivity contribution is 6.58. The fourth-order valence-electron chi connectivity index (χ4n) is 1.82. The van der Waals surface area contributed by atoms with Crippen molar-refractivity contribution in [3.05, 3.63) is 11.4 Å². The Morgan fingerprint density at radius 1 is 0.846 bits per heavy atom. The monoisotopic (exact) mass is 372 g/mol. The minimum Gasteiger partial charge on any atom is -0.423 e. The van der Waals surface area contributed by atoms with Gasteiger partial charge < -0.3 is 29.6 Å². The highest BCUT2D eigenvalue weighted by Crippen LogP contribution is 2.31. The summed E-state index contributed by atoms with van der Waals surface area (Å²) >= 11 is 0. The Bertz CT molecular complexity index is 433. The van der Waals surface area contributed by atoms with Crippen LogP contribution in [-0.4, -0.2) is 56.9 Å². The molecule has 0 fully saturated rings. The molecule has 0 heterocycles. The van der Waals surface area contributed by atoms with E-state index in [0.29, 0.717) is 11.9 Å². The van der Waals surface area contributed by atoms with Gasteiger partial charge in [0, 0.05) is 0 Å². The lowest BCUT2D eigenvalue weighted by atomic mass is 9.68. The van der Waals surface area contributed by atoms with Gasteiger partial charge in [0.2, 0.25) is 0 Å². The van der Waals surface area contributed by atoms with E-state index in [1.54, 1.807) is 55.4 Å². The second-order valence-electron chi connectivity index (χ2n) is 8.96. The van der Waals surface area contributed by atoms with Crippen molar-refractivity contribution >= 4 is 14.2 Å². The van der Waals surface area contributed by atoms with Crippen molar-refractivity contribution < 1.29 is 29.6 Å². The fraction of sp³-hybridized carbons (Fsp3) is 0.889. The molecule has 26 heavy (non-hydrogen) atoms. The van der Waals surface area contributed by atoms with Crippen LogP contribution in [0.2, 0.25) is 0 Å². The molecule has 0 aromatic rings. The Hall–Kier alpha value is -0.370. The lowest BCUT2D eigenvalue weighted by molar-refractivity contribution is -0.132. The van der Waals surface area contributed by atoms with Crippen molar-refractivity contribution in [1.82, 2.24) is 0 Å². The molecule has 0 amide bonds. The van der Waals surface area contributed by atoms with Gasteiger partial charge in [-0.2, -0.15) is 0 Å². The molecule has 6 nitrogen and oxygen atoms in total. The molecule has 0 atom stereocenters. The summed E-state index contributed by atoms with van der Waals surface area (Å²) in [6, 6.07) is 0. The predicted octanol–water partition coefficient (Wildman–Crippen LogP) is 2.27. The van der Waals surface area contributed by atoms with Gasteiger partial charge in [-0.1, -0.05) is 25.7 Å². The van der Waals surface area contributed by atoms with Crippen molar-refractivity contribution in [3.8, 4) is 0 Å². The third-order valence-corrected chi connectivity index (χ3v) is 5.27. The second-order valence-corrected chi connectivity index (χ2v) is 8.96. The number of rotatable bonds is 11. The molecule has 0 unspecified atom stereocenters. The van der Waals surface area contributed by atoms with Crippen LogP contribution in [0, 0.1) is 0 Å². The Kier molecular flexibility index (Phi) is 9.08. The lowest BCUT2D eigenvalue weighted by Crippen LogP contribution is -2.55. The highest BCUT2D eigenvalue weighted by Gasteiger charge is 2.44. The van der Waals surface area contributed by atoms with Crippen molar-refractivity contribution in [2.75, 3.05) is 0 Å². The molecule has 0 spiro atoms. The van der Waals surface area contributed by atoms with E-state index in [2.05, 4.69) is 0 Å². The smallest absolute Gasteiger partial charge is 0.423 e. The molecule has 0 saturated carbocycles. The number of allylic oxidation sites excluding steroid dienone is 1. The van der Waals surface area contributed by atoms with Gasteiger partial charge in [-0.05, 0) is 67.3 Å². The topological polar surface area (TPSA) is 99.4 Å². The first-order chi connectivity index (χ1) is 11.4. The molecule has 0 aromatic carbocycles. The second kappa shape index (κ2) is 9.22. The molecule has 0 radical (unpaired) electrons. The van der Waals surface area contributed by atoms with Gasteiger partial charge in [-0.25, -0.2) is 0 Å². The maximum atomic E-state index is 10.4. The molecule has 8 heteroatoms. The number of hydrogen-bond donors (Lipinski definition) is 4. The molecule has 0 aliphatic carbocycles. The van der Waals surface area contributed by atoms with Gasteiger partial charge in [-0.3, -0.25) is 0 Å². The SMILES string of the molecule is CCCC/C(=C/B(OC(C)(C)C(C)(C)O)OC(C)(C)C(C)(C)O)B(O)O. The summed E-state index contributed by atoms with van der Waals surface area (Å²) in [5.41, 5.74) is -3.92. The van der Waals surface area contributed by atoms with Gasteiger partial charge in [0.25, 0.3) is 0 Å². The van der Waals surface area contributed by atoms with E-state index in [0.717, 1.165) is 12.8 Å². The third kappa shape index (κ3) is 7.71. The average Bonchev–Trinajstić information content (AvgIpc) is 2.39. The zero-order valence-corrected chi connectivity index (χ0v) is 18.0. The van der Waals surface area contributed by atoms with Crippen LogP contribution in [0.15, 0.2) is 11.4 Å². The van der Waals surface area contributed by atoms with Crippen molar-refractivity contribution in [2.24, 2.45) is 0 Å². The number of unbranched alkanes of at least 4 members (excludes halogenated alkanes) is 1. The summed E-state index contributed by atoms with van der Waals surface area (Å²) in [6.45, 7) is 15.5. The summed E-state index contributed by atoms with van der Waals surface area (Å²) in [6.07, 6.45) is 2.18. The Morgan fingerprint density at radius 2 is 1.23 bits per heavy atom. The largest absolute Gasteiger partial charge is 0.486 e. The van der Waals surface area contributed by atoms with Crippen LogP contribution < -0.4 is 0 Å². The van der Waals surface area contributed by atoms with Crippen LogP contribution in [0.5, 0.6) is 0 Å². The highest BCUT2D eigenvalue weighted by atomic mass is 16.6. The summed E-state index contributed by atoms with van der Waals surface area (Å²) in [5, 5.41) is 40.1. The molecule has 0 rings (SSSR count). The van der Waals surface area contributed by atoms with Crippen molar-refractivity contribution in [3.63, 3.8) is 0 Å². The number of aliphatic hydroxyl groups is 2. The van der Waals surface area contributed by atoms with E-state index in [1.807, 2.05) is 6.92 Å². The molecular formula is C18H38B2O6. The minimum absolute atomic E-state index is 0.384. The molecule has 0 aliphatic rings. The minimum atomic E-state index is -1.62. The van der Waals surface area contributed by atoms with E-state index in [-0.39, 0.29) is 0 Å². The van der Waals surface area contributed by atoms with E-state index >= 15 is 0 Å². The first-order valence-corrected chi connectivity index (χ1v) is 9.31. The van der Waals surface area contributed by atoms with Crippen LogP contribution >= 0.6 is 0 Å². The Balaban J connectivity index is 5.80. The first-order valence-electron chi connectivity index (χ1n) is 9.31. The standard InChI is InChI=1S/C18H38B2O6/c1-10-11-12-14(20(23)24)13-19(25-17(6,7)15(2,3)21)26-18(8,9)16(4,5)22/h13,21-24H,10-12H2,1-9H3/b14-13-. The van der Waals surface area contributed by atoms with E-state index in [1.165, 1.54) is 5.98 Å². The summed E-state index contributed by atoms with van der Waals surface area (Å²) in [7, 11) is -2.60. The first kappa shape index (κ1) is 25.6. The summed E-state index contributed by atoms with van der Waals surface area (Å²) in [5.74, 6) is 1.53. The Labute approximate surface area is 159 Å². The van der Waals surface area contributed by atoms with E-state index in [9.17, 15) is 20.3 Å². The average molecular weight is 372 g/mol. The molecule has 152 valence electrons. The lowest BCUT2D eigenvalue weighted by Gasteiger charge is -2.43. The van der Waals surface area contributed by atoms with Crippen molar-refractivity contribution in [1.29, 1.82) is 0 Å². The van der Waals surface area contributed by atoms with Crippen LogP contribution in [0.4, 0.5) is 0 Å². The van der Waals surface area contributed by atoms with Crippen LogP contribution in [0.1, 0.15) is 81.6 Å². The van der Waals surface area contributed by atoms with E-state index < -0.39 is 36.6 Å². The van der Waals surface area contributed by atoms with Crippen LogP contribution in [0.3, 0.4) is 0 Å². The van der Waals surface area contributed by atoms with Crippen LogP contribution in [0.25, 0.3) is 0 Å². The Morgan fingerprint density at radius 3 is 1.50 bits per heavy atom. The molecular weight excluding hydrogens is 334 g/mol. The third-order valence-electron chi connectivity index (χ3n) is 5.27. The quantitative estimate of drug-likeness (QED) is 0.416. The summed E-state index contributed by atoms with van der Waals surface area (Å²) in [4.78, 5) is 0.